The highest BCUT2D eigenvalue weighted by molar-refractivity contribution is 6.30. The zero-order valence-corrected chi connectivity index (χ0v) is 6.58. The predicted octanol–water partition coefficient (Wildman–Crippen LogP) is 1.26. The van der Waals surface area contributed by atoms with Crippen molar-refractivity contribution in [1.82, 2.24) is 9.97 Å². The first-order valence-corrected chi connectivity index (χ1v) is 3.61. The molecule has 1 aromatic rings. The van der Waals surface area contributed by atoms with Gasteiger partial charge in [0.25, 0.3) is 0 Å². The maximum absolute atomic E-state index is 9.96. The van der Waals surface area contributed by atoms with Gasteiger partial charge in [-0.3, -0.25) is 0 Å². The Labute approximate surface area is 69.4 Å². The van der Waals surface area contributed by atoms with Crippen LogP contribution < -0.4 is 0 Å². The Morgan fingerprint density at radius 3 is 2.64 bits per heavy atom. The van der Waals surface area contributed by atoms with Gasteiger partial charge in [-0.25, -0.2) is 9.97 Å². The third kappa shape index (κ3) is 2.63. The minimum Gasteiger partial charge on any atom is -0.303 e. The average Bonchev–Trinajstić information content (AvgIpc) is 2.04. The minimum atomic E-state index is 0.460. The summed E-state index contributed by atoms with van der Waals surface area (Å²) in [6.45, 7) is 0. The van der Waals surface area contributed by atoms with Crippen LogP contribution in [0.3, 0.4) is 0 Å². The van der Waals surface area contributed by atoms with Crippen LogP contribution in [-0.4, -0.2) is 16.3 Å². The van der Waals surface area contributed by atoms with Gasteiger partial charge in [-0.2, -0.15) is 0 Å². The first-order chi connectivity index (χ1) is 5.33. The van der Waals surface area contributed by atoms with Crippen molar-refractivity contribution in [1.29, 1.82) is 0 Å². The zero-order chi connectivity index (χ0) is 8.10. The van der Waals surface area contributed by atoms with Crippen molar-refractivity contribution in [2.45, 2.75) is 12.8 Å². The van der Waals surface area contributed by atoms with E-state index in [1.165, 1.54) is 12.4 Å². The Bertz CT molecular complexity index is 235. The third-order valence-electron chi connectivity index (χ3n) is 1.16. The van der Waals surface area contributed by atoms with Crippen LogP contribution in [0.2, 0.25) is 5.02 Å². The lowest BCUT2D eigenvalue weighted by Crippen LogP contribution is -1.93. The van der Waals surface area contributed by atoms with E-state index in [0.29, 0.717) is 23.7 Å². The summed E-state index contributed by atoms with van der Waals surface area (Å²) in [5, 5.41) is 0.514. The van der Waals surface area contributed by atoms with Gasteiger partial charge in [0.15, 0.2) is 0 Å². The smallest absolute Gasteiger partial charge is 0.128 e. The van der Waals surface area contributed by atoms with Gasteiger partial charge in [-0.15, -0.1) is 0 Å². The first-order valence-electron chi connectivity index (χ1n) is 3.23. The van der Waals surface area contributed by atoms with E-state index in [-0.39, 0.29) is 0 Å². The number of aryl methyl sites for hydroxylation is 1. The number of carbonyl (C=O) groups is 1. The second kappa shape index (κ2) is 4.03. The molecule has 0 aliphatic rings. The largest absolute Gasteiger partial charge is 0.303 e. The van der Waals surface area contributed by atoms with Crippen molar-refractivity contribution >= 4 is 17.9 Å². The molecule has 4 heteroatoms. The molecule has 0 spiro atoms. The molecule has 0 fully saturated rings. The van der Waals surface area contributed by atoms with Crippen LogP contribution >= 0.6 is 11.6 Å². The van der Waals surface area contributed by atoms with Gasteiger partial charge < -0.3 is 4.79 Å². The Balaban J connectivity index is 2.58. The van der Waals surface area contributed by atoms with Crippen LogP contribution in [0.5, 0.6) is 0 Å². The summed E-state index contributed by atoms with van der Waals surface area (Å²) in [4.78, 5) is 17.8. The van der Waals surface area contributed by atoms with E-state index in [9.17, 15) is 4.79 Å². The van der Waals surface area contributed by atoms with Crippen LogP contribution in [0.1, 0.15) is 12.2 Å². The molecule has 0 N–H and O–H groups in total. The van der Waals surface area contributed by atoms with Gasteiger partial charge in [-0.1, -0.05) is 11.6 Å². The topological polar surface area (TPSA) is 42.9 Å². The van der Waals surface area contributed by atoms with Crippen LogP contribution in [0, 0.1) is 0 Å². The highest BCUT2D eigenvalue weighted by Gasteiger charge is 1.94. The molecule has 1 aromatic heterocycles. The molecule has 0 unspecified atom stereocenters. The maximum Gasteiger partial charge on any atom is 0.128 e. The van der Waals surface area contributed by atoms with E-state index in [1.54, 1.807) is 0 Å². The second-order valence-corrected chi connectivity index (χ2v) is 2.46. The van der Waals surface area contributed by atoms with Crippen LogP contribution in [0.15, 0.2) is 12.4 Å². The summed E-state index contributed by atoms with van der Waals surface area (Å²) in [7, 11) is 0. The van der Waals surface area contributed by atoms with E-state index in [2.05, 4.69) is 9.97 Å². The normalized spacial score (nSPS) is 9.55. The number of carbonyl (C=O) groups excluding carboxylic acids is 1. The summed E-state index contributed by atoms with van der Waals surface area (Å²) >= 11 is 5.55. The fraction of sp³-hybridized carbons (Fsp3) is 0.286. The molecule has 0 radical (unpaired) electrons. The molecule has 0 saturated carbocycles. The van der Waals surface area contributed by atoms with Crippen molar-refractivity contribution in [3.05, 3.63) is 23.2 Å². The molecule has 0 aliphatic carbocycles. The fourth-order valence-electron chi connectivity index (χ4n) is 0.656. The molecule has 3 nitrogen and oxygen atoms in total. The lowest BCUT2D eigenvalue weighted by atomic mass is 10.3. The highest BCUT2D eigenvalue weighted by atomic mass is 35.5. The molecule has 58 valence electrons. The second-order valence-electron chi connectivity index (χ2n) is 2.02. The molecule has 1 rings (SSSR count). The Kier molecular flexibility index (Phi) is 2.98. The van der Waals surface area contributed by atoms with Gasteiger partial charge >= 0.3 is 0 Å². The number of rotatable bonds is 3. The van der Waals surface area contributed by atoms with E-state index < -0.39 is 0 Å². The van der Waals surface area contributed by atoms with Crippen molar-refractivity contribution < 1.29 is 4.79 Å². The highest BCUT2D eigenvalue weighted by Crippen LogP contribution is 2.03. The van der Waals surface area contributed by atoms with Gasteiger partial charge in [0.2, 0.25) is 0 Å². The minimum absolute atomic E-state index is 0.460. The number of nitrogens with zero attached hydrogens (tertiary/aromatic N) is 2. The average molecular weight is 171 g/mol. The fourth-order valence-corrected chi connectivity index (χ4v) is 0.754. The number of halogens is 1. The van der Waals surface area contributed by atoms with E-state index in [4.69, 9.17) is 11.6 Å². The van der Waals surface area contributed by atoms with Crippen LogP contribution in [-0.2, 0) is 11.2 Å². The summed E-state index contributed by atoms with van der Waals surface area (Å²) in [5.74, 6) is 0.654. The molecule has 0 saturated heterocycles. The SMILES string of the molecule is O=CCCc1ncc(Cl)cn1. The molecule has 0 atom stereocenters. The molecule has 0 bridgehead atoms. The van der Waals surface area contributed by atoms with E-state index >= 15 is 0 Å². The molecular weight excluding hydrogens is 164 g/mol. The lowest BCUT2D eigenvalue weighted by Gasteiger charge is -1.93. The van der Waals surface area contributed by atoms with Crippen molar-refractivity contribution in [2.75, 3.05) is 0 Å². The van der Waals surface area contributed by atoms with Crippen LogP contribution in [0.25, 0.3) is 0 Å². The van der Waals surface area contributed by atoms with Crippen molar-refractivity contribution in [3.63, 3.8) is 0 Å². The van der Waals surface area contributed by atoms with Gasteiger partial charge in [0.05, 0.1) is 5.02 Å². The number of hydrogen-bond donors (Lipinski definition) is 0. The molecule has 1 heterocycles. The summed E-state index contributed by atoms with van der Waals surface area (Å²) in [6, 6.07) is 0. The quantitative estimate of drug-likeness (QED) is 0.642. The standard InChI is InChI=1S/C7H7ClN2O/c8-6-4-9-7(10-5-6)2-1-3-11/h3-5H,1-2H2. The van der Waals surface area contributed by atoms with Gasteiger partial charge in [0, 0.05) is 25.2 Å². The molecule has 0 amide bonds. The first kappa shape index (κ1) is 8.14. The van der Waals surface area contributed by atoms with Crippen molar-refractivity contribution in [2.24, 2.45) is 0 Å². The molecular formula is C7H7ClN2O. The van der Waals surface area contributed by atoms with Crippen molar-refractivity contribution in [3.8, 4) is 0 Å². The monoisotopic (exact) mass is 170 g/mol. The summed E-state index contributed by atoms with van der Waals surface area (Å²) < 4.78 is 0. The maximum atomic E-state index is 9.96. The predicted molar refractivity (Wildman–Crippen MR) is 41.4 cm³/mol. The number of hydrogen-bond acceptors (Lipinski definition) is 3. The number of aldehydes is 1. The molecule has 0 aromatic carbocycles. The Hall–Kier alpha value is -0.960. The van der Waals surface area contributed by atoms with Crippen LogP contribution in [0.4, 0.5) is 0 Å². The van der Waals surface area contributed by atoms with E-state index in [0.717, 1.165) is 6.29 Å². The Morgan fingerprint density at radius 1 is 1.45 bits per heavy atom. The summed E-state index contributed by atoms with van der Waals surface area (Å²) in [5.41, 5.74) is 0. The molecule has 11 heavy (non-hydrogen) atoms. The number of aromatic nitrogens is 2. The lowest BCUT2D eigenvalue weighted by molar-refractivity contribution is -0.107. The summed E-state index contributed by atoms with van der Waals surface area (Å²) in [6.07, 6.45) is 4.93. The van der Waals surface area contributed by atoms with Gasteiger partial charge in [0.1, 0.15) is 12.1 Å². The van der Waals surface area contributed by atoms with Gasteiger partial charge in [-0.05, 0) is 0 Å². The van der Waals surface area contributed by atoms with E-state index in [1.807, 2.05) is 0 Å². The zero-order valence-electron chi connectivity index (χ0n) is 5.83. The molecule has 0 aliphatic heterocycles. The third-order valence-corrected chi connectivity index (χ3v) is 1.35. The Morgan fingerprint density at radius 2 is 2.09 bits per heavy atom.